The van der Waals surface area contributed by atoms with Gasteiger partial charge in [-0.15, -0.1) is 0 Å². The summed E-state index contributed by atoms with van der Waals surface area (Å²) in [4.78, 5) is 0. The Morgan fingerprint density at radius 1 is 1.42 bits per heavy atom. The molecule has 0 aliphatic heterocycles. The maximum absolute atomic E-state index is 13.8. The van der Waals surface area contributed by atoms with Crippen LogP contribution in [0.5, 0.6) is 0 Å². The average molecular weight is 258 g/mol. The molecule has 3 nitrogen and oxygen atoms in total. The van der Waals surface area contributed by atoms with E-state index in [1.165, 1.54) is 12.1 Å². The van der Waals surface area contributed by atoms with Gasteiger partial charge < -0.3 is 4.74 Å². The van der Waals surface area contributed by atoms with Crippen LogP contribution in [0, 0.1) is 28.5 Å². The van der Waals surface area contributed by atoms with E-state index in [1.807, 2.05) is 13.8 Å². The predicted octanol–water partition coefficient (Wildman–Crippen LogP) is 3.57. The molecule has 1 aromatic rings. The third kappa shape index (κ3) is 4.54. The van der Waals surface area contributed by atoms with E-state index in [-0.39, 0.29) is 18.3 Å². The zero-order valence-corrected chi connectivity index (χ0v) is 11.0. The molecular weight excluding hydrogens is 243 g/mol. The van der Waals surface area contributed by atoms with Crippen molar-refractivity contribution in [3.63, 3.8) is 0 Å². The molecule has 1 aromatic carbocycles. The number of nitriles is 2. The first-order chi connectivity index (χ1) is 9.10. The van der Waals surface area contributed by atoms with Crippen LogP contribution in [0.2, 0.25) is 0 Å². The Bertz CT molecular complexity index is 536. The zero-order valence-electron chi connectivity index (χ0n) is 11.0. The highest BCUT2D eigenvalue weighted by Gasteiger charge is 2.06. The van der Waals surface area contributed by atoms with Crippen LogP contribution in [-0.4, -0.2) is 6.10 Å². The second kappa shape index (κ2) is 7.31. The first-order valence-corrected chi connectivity index (χ1v) is 6.02. The van der Waals surface area contributed by atoms with Crippen LogP contribution < -0.4 is 0 Å². The van der Waals surface area contributed by atoms with Gasteiger partial charge in [-0.25, -0.2) is 4.39 Å². The third-order valence-corrected chi connectivity index (χ3v) is 2.73. The lowest BCUT2D eigenvalue weighted by Crippen LogP contribution is -2.07. The fourth-order valence-electron chi connectivity index (χ4n) is 1.38. The van der Waals surface area contributed by atoms with Gasteiger partial charge in [0.05, 0.1) is 12.7 Å². The number of hydrogen-bond donors (Lipinski definition) is 0. The van der Waals surface area contributed by atoms with Crippen molar-refractivity contribution in [3.05, 3.63) is 40.7 Å². The van der Waals surface area contributed by atoms with E-state index in [4.69, 9.17) is 15.3 Å². The Morgan fingerprint density at radius 3 is 2.63 bits per heavy atom. The van der Waals surface area contributed by atoms with Crippen molar-refractivity contribution in [2.45, 2.75) is 33.0 Å². The Morgan fingerprint density at radius 2 is 2.11 bits per heavy atom. The maximum atomic E-state index is 13.8. The van der Waals surface area contributed by atoms with Gasteiger partial charge in [-0.1, -0.05) is 19.1 Å². The molecule has 0 saturated carbocycles. The standard InChI is InChI=1S/C15H15FN2O/c1-3-11(2)19-10-14-5-4-12(7-15(14)16)6-13(8-17)9-18/h4-7,11H,3,10H2,1-2H3. The molecule has 0 spiro atoms. The Kier molecular flexibility index (Phi) is 5.73. The highest BCUT2D eigenvalue weighted by Crippen LogP contribution is 2.15. The highest BCUT2D eigenvalue weighted by molar-refractivity contribution is 5.62. The minimum Gasteiger partial charge on any atom is -0.374 e. The molecule has 0 heterocycles. The predicted molar refractivity (Wildman–Crippen MR) is 70.1 cm³/mol. The maximum Gasteiger partial charge on any atom is 0.130 e. The van der Waals surface area contributed by atoms with Crippen molar-refractivity contribution in [1.29, 1.82) is 10.5 Å². The van der Waals surface area contributed by atoms with Gasteiger partial charge in [0.1, 0.15) is 23.5 Å². The van der Waals surface area contributed by atoms with E-state index in [1.54, 1.807) is 24.3 Å². The van der Waals surface area contributed by atoms with Crippen molar-refractivity contribution in [2.24, 2.45) is 0 Å². The van der Waals surface area contributed by atoms with Gasteiger partial charge in [0.2, 0.25) is 0 Å². The molecule has 4 heteroatoms. The van der Waals surface area contributed by atoms with Gasteiger partial charge in [-0.05, 0) is 31.1 Å². The molecule has 1 unspecified atom stereocenters. The topological polar surface area (TPSA) is 56.8 Å². The molecule has 0 amide bonds. The molecule has 0 bridgehead atoms. The van der Waals surface area contributed by atoms with Crippen LogP contribution in [-0.2, 0) is 11.3 Å². The summed E-state index contributed by atoms with van der Waals surface area (Å²) in [6.45, 7) is 4.15. The summed E-state index contributed by atoms with van der Waals surface area (Å²) in [5.41, 5.74) is 0.902. The van der Waals surface area contributed by atoms with Crippen LogP contribution in [0.15, 0.2) is 23.8 Å². The van der Waals surface area contributed by atoms with Crippen LogP contribution >= 0.6 is 0 Å². The fraction of sp³-hybridized carbons (Fsp3) is 0.333. The Hall–Kier alpha value is -2.17. The van der Waals surface area contributed by atoms with E-state index in [9.17, 15) is 4.39 Å². The van der Waals surface area contributed by atoms with Crippen molar-refractivity contribution in [2.75, 3.05) is 0 Å². The normalized spacial score (nSPS) is 11.2. The highest BCUT2D eigenvalue weighted by atomic mass is 19.1. The molecule has 0 aromatic heterocycles. The summed E-state index contributed by atoms with van der Waals surface area (Å²) >= 11 is 0. The molecule has 1 rings (SSSR count). The lowest BCUT2D eigenvalue weighted by molar-refractivity contribution is 0.0492. The van der Waals surface area contributed by atoms with Gasteiger partial charge in [-0.3, -0.25) is 0 Å². The molecule has 0 aliphatic rings. The van der Waals surface area contributed by atoms with Gasteiger partial charge in [0.15, 0.2) is 0 Å². The second-order valence-corrected chi connectivity index (χ2v) is 4.16. The number of rotatable bonds is 5. The smallest absolute Gasteiger partial charge is 0.130 e. The van der Waals surface area contributed by atoms with Gasteiger partial charge in [0, 0.05) is 5.56 Å². The SMILES string of the molecule is CCC(C)OCc1ccc(C=C(C#N)C#N)cc1F. The van der Waals surface area contributed by atoms with Crippen molar-refractivity contribution >= 4 is 6.08 Å². The Labute approximate surface area is 112 Å². The lowest BCUT2D eigenvalue weighted by Gasteiger charge is -2.11. The summed E-state index contributed by atoms with van der Waals surface area (Å²) < 4.78 is 19.2. The average Bonchev–Trinajstić information content (AvgIpc) is 2.43. The van der Waals surface area contributed by atoms with E-state index in [0.717, 1.165) is 6.42 Å². The molecule has 0 N–H and O–H groups in total. The molecule has 0 saturated heterocycles. The summed E-state index contributed by atoms with van der Waals surface area (Å²) in [6.07, 6.45) is 2.31. The Balaban J connectivity index is 2.84. The van der Waals surface area contributed by atoms with Crippen LogP contribution in [0.3, 0.4) is 0 Å². The van der Waals surface area contributed by atoms with E-state index in [2.05, 4.69) is 0 Å². The van der Waals surface area contributed by atoms with Crippen molar-refractivity contribution in [3.8, 4) is 12.1 Å². The summed E-state index contributed by atoms with van der Waals surface area (Å²) in [5.74, 6) is -0.396. The first kappa shape index (κ1) is 14.9. The molecule has 98 valence electrons. The quantitative estimate of drug-likeness (QED) is 0.758. The summed E-state index contributed by atoms with van der Waals surface area (Å²) in [6, 6.07) is 8.03. The second-order valence-electron chi connectivity index (χ2n) is 4.16. The van der Waals surface area contributed by atoms with E-state index in [0.29, 0.717) is 11.1 Å². The lowest BCUT2D eigenvalue weighted by atomic mass is 10.1. The van der Waals surface area contributed by atoms with Crippen molar-refractivity contribution < 1.29 is 9.13 Å². The number of benzene rings is 1. The minimum atomic E-state index is -0.396. The molecular formula is C15H15FN2O. The number of allylic oxidation sites excluding steroid dienone is 1. The molecule has 0 fully saturated rings. The van der Waals surface area contributed by atoms with Gasteiger partial charge in [-0.2, -0.15) is 10.5 Å². The van der Waals surface area contributed by atoms with Gasteiger partial charge >= 0.3 is 0 Å². The molecule has 0 radical (unpaired) electrons. The van der Waals surface area contributed by atoms with Crippen molar-refractivity contribution in [1.82, 2.24) is 0 Å². The number of ether oxygens (including phenoxy) is 1. The monoisotopic (exact) mass is 258 g/mol. The van der Waals surface area contributed by atoms with Crippen LogP contribution in [0.25, 0.3) is 6.08 Å². The summed E-state index contributed by atoms with van der Waals surface area (Å²) in [5, 5.41) is 17.3. The van der Waals surface area contributed by atoms with Gasteiger partial charge in [0.25, 0.3) is 0 Å². The third-order valence-electron chi connectivity index (χ3n) is 2.73. The number of nitrogens with zero attached hydrogens (tertiary/aromatic N) is 2. The van der Waals surface area contributed by atoms with E-state index < -0.39 is 5.82 Å². The molecule has 1 atom stereocenters. The zero-order chi connectivity index (χ0) is 14.3. The minimum absolute atomic E-state index is 0.0528. The van der Waals surface area contributed by atoms with Crippen LogP contribution in [0.1, 0.15) is 31.4 Å². The fourth-order valence-corrected chi connectivity index (χ4v) is 1.38. The molecule has 0 aliphatic carbocycles. The number of halogens is 1. The first-order valence-electron chi connectivity index (χ1n) is 6.02. The molecule has 19 heavy (non-hydrogen) atoms. The van der Waals surface area contributed by atoms with Crippen LogP contribution in [0.4, 0.5) is 4.39 Å². The largest absolute Gasteiger partial charge is 0.374 e. The van der Waals surface area contributed by atoms with E-state index >= 15 is 0 Å². The summed E-state index contributed by atoms with van der Waals surface area (Å²) in [7, 11) is 0. The number of hydrogen-bond acceptors (Lipinski definition) is 3.